The smallest absolute Gasteiger partial charge is 0.334 e. The molecule has 4 atom stereocenters. The van der Waals surface area contributed by atoms with Crippen molar-refractivity contribution < 1.29 is 37.5 Å². The molecular formula is C29H24F2N2O6. The molecule has 2 bridgehead atoms. The second-order valence-electron chi connectivity index (χ2n) is 10.5. The van der Waals surface area contributed by atoms with Crippen LogP contribution in [0.3, 0.4) is 0 Å². The van der Waals surface area contributed by atoms with Crippen LogP contribution in [0.5, 0.6) is 0 Å². The van der Waals surface area contributed by atoms with E-state index in [-0.39, 0.29) is 23.6 Å². The lowest BCUT2D eigenvalue weighted by atomic mass is 9.43. The largest absolute Gasteiger partial charge is 0.463 e. The number of esters is 1. The van der Waals surface area contributed by atoms with Gasteiger partial charge < -0.3 is 4.74 Å². The number of rotatable bonds is 4. The molecular weight excluding hydrogens is 510 g/mol. The number of amides is 4. The van der Waals surface area contributed by atoms with Crippen LogP contribution < -0.4 is 9.80 Å². The molecule has 4 unspecified atom stereocenters. The van der Waals surface area contributed by atoms with Crippen molar-refractivity contribution in [2.75, 3.05) is 16.4 Å². The van der Waals surface area contributed by atoms with Gasteiger partial charge in [0.05, 0.1) is 41.7 Å². The monoisotopic (exact) mass is 534 g/mol. The van der Waals surface area contributed by atoms with Crippen LogP contribution in [0.15, 0.2) is 59.7 Å². The van der Waals surface area contributed by atoms with E-state index in [0.717, 1.165) is 21.9 Å². The van der Waals surface area contributed by atoms with Crippen molar-refractivity contribution in [3.8, 4) is 0 Å². The lowest BCUT2D eigenvalue weighted by molar-refractivity contribution is -0.155. The number of nitrogens with zero attached hydrogens (tertiary/aromatic N) is 2. The van der Waals surface area contributed by atoms with Gasteiger partial charge in [0.15, 0.2) is 0 Å². The first kappa shape index (κ1) is 25.1. The predicted octanol–water partition coefficient (Wildman–Crippen LogP) is 3.41. The number of halogens is 2. The molecule has 0 radical (unpaired) electrons. The van der Waals surface area contributed by atoms with Crippen molar-refractivity contribution in [2.24, 2.45) is 35.0 Å². The van der Waals surface area contributed by atoms with Gasteiger partial charge in [0.2, 0.25) is 23.6 Å². The molecule has 2 heterocycles. The summed E-state index contributed by atoms with van der Waals surface area (Å²) >= 11 is 0. The summed E-state index contributed by atoms with van der Waals surface area (Å²) in [5.74, 6) is -11.0. The highest BCUT2D eigenvalue weighted by atomic mass is 19.1. The molecule has 7 rings (SSSR count). The zero-order chi connectivity index (χ0) is 28.0. The number of benzene rings is 2. The molecule has 2 aromatic carbocycles. The van der Waals surface area contributed by atoms with Crippen LogP contribution in [0, 0.1) is 46.6 Å². The van der Waals surface area contributed by atoms with E-state index in [2.05, 4.69) is 0 Å². The van der Waals surface area contributed by atoms with Gasteiger partial charge in [0.25, 0.3) is 0 Å². The number of para-hydroxylation sites is 2. The van der Waals surface area contributed by atoms with Crippen LogP contribution in [0.2, 0.25) is 0 Å². The topological polar surface area (TPSA) is 101 Å². The molecule has 2 saturated heterocycles. The third-order valence-electron chi connectivity index (χ3n) is 8.87. The summed E-state index contributed by atoms with van der Waals surface area (Å²) in [6, 6.07) is 10.7. The Kier molecular flexibility index (Phi) is 5.40. The van der Waals surface area contributed by atoms with Gasteiger partial charge >= 0.3 is 5.97 Å². The van der Waals surface area contributed by atoms with Crippen LogP contribution >= 0.6 is 0 Å². The molecule has 2 aromatic rings. The number of hydrogen-bond acceptors (Lipinski definition) is 6. The van der Waals surface area contributed by atoms with E-state index in [1.54, 1.807) is 13.8 Å². The van der Waals surface area contributed by atoms with Gasteiger partial charge in [-0.05, 0) is 38.1 Å². The van der Waals surface area contributed by atoms with E-state index < -0.39 is 76.2 Å². The van der Waals surface area contributed by atoms with Crippen LogP contribution in [0.1, 0.15) is 20.8 Å². The molecule has 3 fully saturated rings. The van der Waals surface area contributed by atoms with Gasteiger partial charge in [-0.15, -0.1) is 0 Å². The van der Waals surface area contributed by atoms with E-state index in [4.69, 9.17) is 4.74 Å². The minimum atomic E-state index is -1.65. The zero-order valence-corrected chi connectivity index (χ0v) is 21.3. The molecule has 39 heavy (non-hydrogen) atoms. The fourth-order valence-electron chi connectivity index (χ4n) is 7.55. The number of hydrogen-bond donors (Lipinski definition) is 0. The molecule has 8 nitrogen and oxygen atoms in total. The molecule has 0 N–H and O–H groups in total. The van der Waals surface area contributed by atoms with Crippen LogP contribution in [-0.4, -0.2) is 36.2 Å². The summed E-state index contributed by atoms with van der Waals surface area (Å²) in [7, 11) is 0. The lowest BCUT2D eigenvalue weighted by Crippen LogP contribution is -2.61. The third kappa shape index (κ3) is 2.99. The molecule has 3 aliphatic carbocycles. The van der Waals surface area contributed by atoms with E-state index in [1.807, 2.05) is 0 Å². The molecule has 0 aromatic heterocycles. The molecule has 10 heteroatoms. The first-order valence-electron chi connectivity index (χ1n) is 12.7. The minimum absolute atomic E-state index is 0.0149. The van der Waals surface area contributed by atoms with Gasteiger partial charge in [0.1, 0.15) is 11.6 Å². The van der Waals surface area contributed by atoms with Crippen LogP contribution in [0.4, 0.5) is 20.2 Å². The summed E-state index contributed by atoms with van der Waals surface area (Å²) < 4.78 is 34.9. The number of allylic oxidation sites excluding steroid dienone is 1. The van der Waals surface area contributed by atoms with Crippen LogP contribution in [0.25, 0.3) is 0 Å². The van der Waals surface area contributed by atoms with Crippen LogP contribution in [-0.2, 0) is 28.7 Å². The Morgan fingerprint density at radius 1 is 0.795 bits per heavy atom. The quantitative estimate of drug-likeness (QED) is 0.440. The third-order valence-corrected chi connectivity index (χ3v) is 8.87. The maximum atomic E-state index is 14.8. The Hall–Kier alpha value is -4.21. The molecule has 2 aliphatic heterocycles. The van der Waals surface area contributed by atoms with Crippen molar-refractivity contribution in [3.63, 3.8) is 0 Å². The van der Waals surface area contributed by atoms with E-state index in [0.29, 0.717) is 5.57 Å². The standard InChI is InChI=1S/C29H24F2N2O6/c1-4-39-28(38)21-13(2)18-19-22(26(36)32(24(19)34)16-11-7-5-9-14(16)30)29(21,3)23-20(18)25(35)33(27(23)37)17-12-8-6-10-15(17)31/h5-12,18-20,22-23H,4H2,1-3H3. The van der Waals surface area contributed by atoms with Crippen molar-refractivity contribution in [1.29, 1.82) is 0 Å². The average Bonchev–Trinajstić information content (AvgIpc) is 3.31. The summed E-state index contributed by atoms with van der Waals surface area (Å²) in [6.45, 7) is 4.73. The second-order valence-corrected chi connectivity index (χ2v) is 10.5. The normalized spacial score (nSPS) is 31.3. The van der Waals surface area contributed by atoms with Gasteiger partial charge in [0, 0.05) is 16.9 Å². The second kappa shape index (κ2) is 8.39. The first-order valence-corrected chi connectivity index (χ1v) is 12.7. The first-order chi connectivity index (χ1) is 18.6. The number of carbonyl (C=O) groups excluding carboxylic acids is 5. The summed E-state index contributed by atoms with van der Waals surface area (Å²) in [6.07, 6.45) is 0. The van der Waals surface area contributed by atoms with Crippen molar-refractivity contribution in [1.82, 2.24) is 0 Å². The Balaban J connectivity index is 1.57. The fourth-order valence-corrected chi connectivity index (χ4v) is 7.55. The van der Waals surface area contributed by atoms with E-state index in [1.165, 1.54) is 43.3 Å². The van der Waals surface area contributed by atoms with Crippen molar-refractivity contribution in [3.05, 3.63) is 71.3 Å². The highest BCUT2D eigenvalue weighted by Gasteiger charge is 2.77. The van der Waals surface area contributed by atoms with E-state index in [9.17, 15) is 32.8 Å². The maximum absolute atomic E-state index is 14.8. The maximum Gasteiger partial charge on any atom is 0.334 e. The SMILES string of the molecule is CCOC(=O)C1=C(C)C2C3C(=O)N(c4ccccc4F)C(=O)C3C1(C)C1C(=O)N(c3ccccc3F)C(=O)C21. The fraction of sp³-hybridized carbons (Fsp3) is 0.345. The predicted molar refractivity (Wildman–Crippen MR) is 133 cm³/mol. The number of anilines is 2. The molecule has 5 aliphatic rings. The van der Waals surface area contributed by atoms with Crippen molar-refractivity contribution in [2.45, 2.75) is 20.8 Å². The van der Waals surface area contributed by atoms with Gasteiger partial charge in [-0.25, -0.2) is 23.4 Å². The summed E-state index contributed by atoms with van der Waals surface area (Å²) in [5, 5.41) is 0. The lowest BCUT2D eigenvalue weighted by Gasteiger charge is -2.55. The number of ether oxygens (including phenoxy) is 1. The molecule has 1 saturated carbocycles. The molecule has 0 spiro atoms. The summed E-state index contributed by atoms with van der Waals surface area (Å²) in [5.41, 5.74) is -1.71. The minimum Gasteiger partial charge on any atom is -0.463 e. The number of carbonyl (C=O) groups is 5. The molecule has 4 amide bonds. The molecule has 200 valence electrons. The van der Waals surface area contributed by atoms with Gasteiger partial charge in [-0.2, -0.15) is 0 Å². The van der Waals surface area contributed by atoms with Gasteiger partial charge in [-0.3, -0.25) is 19.2 Å². The van der Waals surface area contributed by atoms with E-state index >= 15 is 0 Å². The van der Waals surface area contributed by atoms with Crippen molar-refractivity contribution >= 4 is 41.0 Å². The average molecular weight is 535 g/mol. The Labute approximate surface area is 222 Å². The highest BCUT2D eigenvalue weighted by Crippen LogP contribution is 2.68. The Morgan fingerprint density at radius 3 is 1.64 bits per heavy atom. The number of imide groups is 2. The van der Waals surface area contributed by atoms with Gasteiger partial charge in [-0.1, -0.05) is 36.8 Å². The Bertz CT molecular complexity index is 1440. The highest BCUT2D eigenvalue weighted by molar-refractivity contribution is 6.27. The summed E-state index contributed by atoms with van der Waals surface area (Å²) in [4.78, 5) is 70.7. The zero-order valence-electron chi connectivity index (χ0n) is 21.3. The Morgan fingerprint density at radius 2 is 1.23 bits per heavy atom.